The Morgan fingerprint density at radius 2 is 2.24 bits per heavy atom. The van der Waals surface area contributed by atoms with Gasteiger partial charge in [-0.25, -0.2) is 4.98 Å². The van der Waals surface area contributed by atoms with Crippen molar-refractivity contribution in [2.45, 2.75) is 52.0 Å². The lowest BCUT2D eigenvalue weighted by Crippen LogP contribution is -2.24. The van der Waals surface area contributed by atoms with Crippen molar-refractivity contribution < 1.29 is 0 Å². The van der Waals surface area contributed by atoms with Gasteiger partial charge in [0.05, 0.1) is 16.7 Å². The standard InChI is InChI=1S/C14H23N3/c1-3-5-8-12-11(7-4-2)16-14(17-12)13-9-6-10-15-13/h7-8,13,15H,3-6,9-10H2,1-2H3,(H,16,17)/b11-7+,12-8+. The van der Waals surface area contributed by atoms with Crippen molar-refractivity contribution in [3.05, 3.63) is 16.5 Å². The molecule has 3 heteroatoms. The molecule has 1 aromatic rings. The fourth-order valence-corrected chi connectivity index (χ4v) is 2.30. The second-order valence-corrected chi connectivity index (χ2v) is 4.68. The van der Waals surface area contributed by atoms with Gasteiger partial charge in [-0.05, 0) is 32.2 Å². The average molecular weight is 233 g/mol. The van der Waals surface area contributed by atoms with Gasteiger partial charge in [0.25, 0.3) is 0 Å². The minimum Gasteiger partial charge on any atom is -0.341 e. The summed E-state index contributed by atoms with van der Waals surface area (Å²) in [5.41, 5.74) is 0. The molecule has 1 aromatic heterocycles. The summed E-state index contributed by atoms with van der Waals surface area (Å²) >= 11 is 0. The first-order chi connectivity index (χ1) is 8.35. The van der Waals surface area contributed by atoms with Crippen molar-refractivity contribution in [3.63, 3.8) is 0 Å². The molecule has 0 bridgehead atoms. The quantitative estimate of drug-likeness (QED) is 0.829. The largest absolute Gasteiger partial charge is 0.341 e. The SMILES string of the molecule is CC/C=c1/[nH]c(C2CCCN2)n/c1=C/CCC. The van der Waals surface area contributed by atoms with E-state index < -0.39 is 0 Å². The van der Waals surface area contributed by atoms with E-state index in [9.17, 15) is 0 Å². The third-order valence-electron chi connectivity index (χ3n) is 3.20. The molecule has 17 heavy (non-hydrogen) atoms. The predicted octanol–water partition coefficient (Wildman–Crippen LogP) is 1.61. The summed E-state index contributed by atoms with van der Waals surface area (Å²) in [4.78, 5) is 8.22. The van der Waals surface area contributed by atoms with Gasteiger partial charge in [-0.15, -0.1) is 0 Å². The molecular weight excluding hydrogens is 210 g/mol. The zero-order valence-electron chi connectivity index (χ0n) is 10.9. The van der Waals surface area contributed by atoms with Gasteiger partial charge < -0.3 is 10.3 Å². The number of rotatable bonds is 4. The number of unbranched alkanes of at least 4 members (excludes halogenated alkanes) is 1. The summed E-state index contributed by atoms with van der Waals surface area (Å²) in [5, 5.41) is 5.83. The molecule has 0 spiro atoms. The summed E-state index contributed by atoms with van der Waals surface area (Å²) in [7, 11) is 0. The Morgan fingerprint density at radius 3 is 2.88 bits per heavy atom. The highest BCUT2D eigenvalue weighted by atomic mass is 15.0. The van der Waals surface area contributed by atoms with E-state index in [1.165, 1.54) is 24.6 Å². The van der Waals surface area contributed by atoms with Crippen molar-refractivity contribution in [3.8, 4) is 0 Å². The van der Waals surface area contributed by atoms with Crippen LogP contribution in [0.5, 0.6) is 0 Å². The number of hydrogen-bond acceptors (Lipinski definition) is 2. The molecule has 2 heterocycles. The predicted molar refractivity (Wildman–Crippen MR) is 71.9 cm³/mol. The lowest BCUT2D eigenvalue weighted by atomic mass is 10.2. The molecule has 0 saturated carbocycles. The maximum absolute atomic E-state index is 4.74. The first-order valence-electron chi connectivity index (χ1n) is 6.84. The smallest absolute Gasteiger partial charge is 0.124 e. The third kappa shape index (κ3) is 2.97. The van der Waals surface area contributed by atoms with Crippen LogP contribution in [0.2, 0.25) is 0 Å². The van der Waals surface area contributed by atoms with E-state index >= 15 is 0 Å². The molecule has 1 aliphatic rings. The van der Waals surface area contributed by atoms with E-state index in [1.807, 2.05) is 0 Å². The molecule has 1 unspecified atom stereocenters. The fourth-order valence-electron chi connectivity index (χ4n) is 2.30. The van der Waals surface area contributed by atoms with E-state index in [1.54, 1.807) is 0 Å². The molecule has 2 N–H and O–H groups in total. The molecule has 1 atom stereocenters. The first kappa shape index (κ1) is 12.4. The third-order valence-corrected chi connectivity index (χ3v) is 3.20. The average Bonchev–Trinajstić information content (AvgIpc) is 2.95. The molecule has 0 aliphatic carbocycles. The van der Waals surface area contributed by atoms with E-state index in [0.29, 0.717) is 6.04 Å². The van der Waals surface area contributed by atoms with Crippen LogP contribution in [0.4, 0.5) is 0 Å². The van der Waals surface area contributed by atoms with Crippen molar-refractivity contribution in [1.82, 2.24) is 15.3 Å². The van der Waals surface area contributed by atoms with E-state index in [2.05, 4.69) is 36.3 Å². The van der Waals surface area contributed by atoms with Gasteiger partial charge in [0.2, 0.25) is 0 Å². The van der Waals surface area contributed by atoms with E-state index in [4.69, 9.17) is 4.98 Å². The van der Waals surface area contributed by atoms with Crippen molar-refractivity contribution in [2.75, 3.05) is 6.54 Å². The highest BCUT2D eigenvalue weighted by Gasteiger charge is 2.18. The van der Waals surface area contributed by atoms with Crippen LogP contribution in [0, 0.1) is 0 Å². The molecule has 0 aromatic carbocycles. The minimum absolute atomic E-state index is 0.433. The maximum Gasteiger partial charge on any atom is 0.124 e. The zero-order chi connectivity index (χ0) is 12.1. The highest BCUT2D eigenvalue weighted by Crippen LogP contribution is 2.17. The molecular formula is C14H23N3. The van der Waals surface area contributed by atoms with E-state index in [0.717, 1.165) is 30.6 Å². The number of aromatic nitrogens is 2. The fraction of sp³-hybridized carbons (Fsp3) is 0.643. The molecule has 0 radical (unpaired) electrons. The number of imidazole rings is 1. The highest BCUT2D eigenvalue weighted by molar-refractivity contribution is 5.26. The van der Waals surface area contributed by atoms with Crippen molar-refractivity contribution in [1.29, 1.82) is 0 Å². The molecule has 1 saturated heterocycles. The topological polar surface area (TPSA) is 40.7 Å². The second-order valence-electron chi connectivity index (χ2n) is 4.68. The summed E-state index contributed by atoms with van der Waals surface area (Å²) in [5.74, 6) is 1.12. The van der Waals surface area contributed by atoms with Gasteiger partial charge in [0, 0.05) is 0 Å². The van der Waals surface area contributed by atoms with Crippen LogP contribution in [0.1, 0.15) is 57.8 Å². The van der Waals surface area contributed by atoms with Crippen LogP contribution in [0.15, 0.2) is 0 Å². The number of hydrogen-bond donors (Lipinski definition) is 2. The van der Waals surface area contributed by atoms with Gasteiger partial charge >= 0.3 is 0 Å². The summed E-state index contributed by atoms with van der Waals surface area (Å²) < 4.78 is 0. The lowest BCUT2D eigenvalue weighted by Gasteiger charge is -2.04. The van der Waals surface area contributed by atoms with Gasteiger partial charge in [-0.3, -0.25) is 0 Å². The molecule has 1 fully saturated rings. The number of H-pyrrole nitrogens is 1. The number of nitrogens with one attached hydrogen (secondary N) is 2. The Balaban J connectivity index is 2.33. The number of nitrogens with zero attached hydrogens (tertiary/aromatic N) is 1. The van der Waals surface area contributed by atoms with Gasteiger partial charge in [0.15, 0.2) is 0 Å². The molecule has 2 rings (SSSR count). The Bertz CT molecular complexity index is 452. The Hall–Kier alpha value is -1.09. The molecule has 94 valence electrons. The van der Waals surface area contributed by atoms with Crippen LogP contribution in [-0.2, 0) is 0 Å². The van der Waals surface area contributed by atoms with Crippen LogP contribution < -0.4 is 16.0 Å². The van der Waals surface area contributed by atoms with Gasteiger partial charge in [-0.2, -0.15) is 0 Å². The van der Waals surface area contributed by atoms with Crippen molar-refractivity contribution in [2.24, 2.45) is 0 Å². The molecule has 0 amide bonds. The Morgan fingerprint density at radius 1 is 1.35 bits per heavy atom. The normalized spacial score (nSPS) is 22.6. The van der Waals surface area contributed by atoms with E-state index in [-0.39, 0.29) is 0 Å². The maximum atomic E-state index is 4.74. The minimum atomic E-state index is 0.433. The summed E-state index contributed by atoms with van der Waals surface area (Å²) in [6.07, 6.45) is 10.3. The van der Waals surface area contributed by atoms with Crippen LogP contribution in [-0.4, -0.2) is 16.5 Å². The Labute approximate surface area is 103 Å². The molecule has 3 nitrogen and oxygen atoms in total. The van der Waals surface area contributed by atoms with Crippen molar-refractivity contribution >= 4 is 12.2 Å². The Kier molecular flexibility index (Phi) is 4.37. The lowest BCUT2D eigenvalue weighted by molar-refractivity contribution is 0.611. The summed E-state index contributed by atoms with van der Waals surface area (Å²) in [6, 6.07) is 0.433. The van der Waals surface area contributed by atoms with Gasteiger partial charge in [-0.1, -0.05) is 32.4 Å². The van der Waals surface area contributed by atoms with Crippen LogP contribution >= 0.6 is 0 Å². The van der Waals surface area contributed by atoms with Crippen LogP contribution in [0.3, 0.4) is 0 Å². The molecule has 1 aliphatic heterocycles. The van der Waals surface area contributed by atoms with Crippen LogP contribution in [0.25, 0.3) is 12.2 Å². The second kappa shape index (κ2) is 6.01. The number of aromatic amines is 1. The first-order valence-corrected chi connectivity index (χ1v) is 6.84. The zero-order valence-corrected chi connectivity index (χ0v) is 10.9. The van der Waals surface area contributed by atoms with Gasteiger partial charge in [0.1, 0.15) is 5.82 Å². The monoisotopic (exact) mass is 233 g/mol. The summed E-state index contributed by atoms with van der Waals surface area (Å²) in [6.45, 7) is 5.48.